The Hall–Kier alpha value is -0.820. The topological polar surface area (TPSA) is 20.2 Å². The summed E-state index contributed by atoms with van der Waals surface area (Å²) in [6, 6.07) is 6.23. The summed E-state index contributed by atoms with van der Waals surface area (Å²) in [6.45, 7) is 7.89. The molecule has 1 rings (SSSR count). The smallest absolute Gasteiger partial charge is 0.0632 e. The maximum absolute atomic E-state index is 9.69. The number of hydrogen-bond acceptors (Lipinski definition) is 1. The van der Waals surface area contributed by atoms with Crippen molar-refractivity contribution in [3.63, 3.8) is 0 Å². The van der Waals surface area contributed by atoms with Gasteiger partial charge < -0.3 is 5.11 Å². The minimum Gasteiger partial charge on any atom is -0.390 e. The van der Waals surface area contributed by atoms with Crippen molar-refractivity contribution < 1.29 is 5.11 Å². The second-order valence-electron chi connectivity index (χ2n) is 4.35. The van der Waals surface area contributed by atoms with Crippen LogP contribution in [0.15, 0.2) is 18.2 Å². The Bertz CT molecular complexity index is 294. The van der Waals surface area contributed by atoms with Gasteiger partial charge in [0.2, 0.25) is 0 Å². The van der Waals surface area contributed by atoms with Crippen molar-refractivity contribution in [2.24, 2.45) is 0 Å². The molecule has 0 aliphatic carbocycles. The van der Waals surface area contributed by atoms with Crippen LogP contribution < -0.4 is 0 Å². The van der Waals surface area contributed by atoms with Crippen molar-refractivity contribution in [2.75, 3.05) is 0 Å². The van der Waals surface area contributed by atoms with Gasteiger partial charge in [-0.3, -0.25) is 0 Å². The van der Waals surface area contributed by atoms with Crippen molar-refractivity contribution in [2.45, 2.75) is 39.7 Å². The fourth-order valence-corrected chi connectivity index (χ4v) is 1.47. The summed E-state index contributed by atoms with van der Waals surface area (Å²) in [5, 5.41) is 9.69. The van der Waals surface area contributed by atoms with E-state index in [0.717, 1.165) is 6.42 Å². The zero-order valence-electron chi connectivity index (χ0n) is 8.89. The van der Waals surface area contributed by atoms with Crippen LogP contribution in [-0.4, -0.2) is 10.7 Å². The molecule has 72 valence electrons. The third-order valence-electron chi connectivity index (χ3n) is 2.34. The lowest BCUT2D eigenvalue weighted by Gasteiger charge is -2.19. The molecule has 0 aliphatic rings. The number of aryl methyl sites for hydroxylation is 1. The molecule has 1 heteroatoms. The number of hydrogen-bond donors (Lipinski definition) is 1. The monoisotopic (exact) mass is 178 g/mol. The van der Waals surface area contributed by atoms with Crippen LogP contribution in [0.3, 0.4) is 0 Å². The van der Waals surface area contributed by atoms with Crippen molar-refractivity contribution in [1.29, 1.82) is 0 Å². The third kappa shape index (κ3) is 2.85. The zero-order valence-corrected chi connectivity index (χ0v) is 8.89. The molecule has 0 saturated heterocycles. The molecular weight excluding hydrogens is 160 g/mol. The van der Waals surface area contributed by atoms with E-state index >= 15 is 0 Å². The molecule has 0 atom stereocenters. The molecule has 0 spiro atoms. The van der Waals surface area contributed by atoms with Crippen LogP contribution in [-0.2, 0) is 6.42 Å². The van der Waals surface area contributed by atoms with Gasteiger partial charge in [0.15, 0.2) is 0 Å². The van der Waals surface area contributed by atoms with E-state index in [1.54, 1.807) is 0 Å². The van der Waals surface area contributed by atoms with Crippen molar-refractivity contribution in [1.82, 2.24) is 0 Å². The maximum Gasteiger partial charge on any atom is 0.0632 e. The molecule has 0 heterocycles. The van der Waals surface area contributed by atoms with Gasteiger partial charge in [-0.15, -0.1) is 0 Å². The molecule has 1 N–H and O–H groups in total. The molecule has 1 aromatic carbocycles. The molecule has 1 aromatic rings. The van der Waals surface area contributed by atoms with Gasteiger partial charge in [0.1, 0.15) is 0 Å². The fraction of sp³-hybridized carbons (Fsp3) is 0.500. The molecule has 0 radical (unpaired) electrons. The Morgan fingerprint density at radius 3 is 2.38 bits per heavy atom. The highest BCUT2D eigenvalue weighted by molar-refractivity contribution is 5.33. The first-order chi connectivity index (χ1) is 5.90. The maximum atomic E-state index is 9.69. The molecule has 0 bridgehead atoms. The van der Waals surface area contributed by atoms with Gasteiger partial charge in [-0.2, -0.15) is 0 Å². The molecule has 1 nitrogen and oxygen atoms in total. The van der Waals surface area contributed by atoms with Crippen LogP contribution in [0.25, 0.3) is 0 Å². The highest BCUT2D eigenvalue weighted by Crippen LogP contribution is 2.18. The van der Waals surface area contributed by atoms with Crippen LogP contribution in [0.2, 0.25) is 0 Å². The van der Waals surface area contributed by atoms with Crippen LogP contribution in [0.1, 0.15) is 30.5 Å². The first-order valence-electron chi connectivity index (χ1n) is 4.67. The lowest BCUT2D eigenvalue weighted by atomic mass is 9.93. The summed E-state index contributed by atoms with van der Waals surface area (Å²) >= 11 is 0. The summed E-state index contributed by atoms with van der Waals surface area (Å²) in [5.41, 5.74) is 3.22. The van der Waals surface area contributed by atoms with E-state index in [4.69, 9.17) is 0 Å². The zero-order chi connectivity index (χ0) is 10.1. The summed E-state index contributed by atoms with van der Waals surface area (Å²) in [5.74, 6) is 0. The van der Waals surface area contributed by atoms with Crippen LogP contribution >= 0.6 is 0 Å². The molecule has 0 fully saturated rings. The summed E-state index contributed by atoms with van der Waals surface area (Å²) in [7, 11) is 0. The number of aliphatic hydroxyl groups is 1. The molecule has 13 heavy (non-hydrogen) atoms. The van der Waals surface area contributed by atoms with Crippen molar-refractivity contribution in [3.05, 3.63) is 34.9 Å². The molecular formula is C12H18O. The molecule has 0 aromatic heterocycles. The second kappa shape index (κ2) is 3.51. The van der Waals surface area contributed by atoms with Crippen LogP contribution in [0.4, 0.5) is 0 Å². The predicted molar refractivity (Wildman–Crippen MR) is 55.9 cm³/mol. The highest BCUT2D eigenvalue weighted by atomic mass is 16.3. The van der Waals surface area contributed by atoms with Crippen LogP contribution in [0, 0.1) is 13.8 Å². The average Bonchev–Trinajstić information content (AvgIpc) is 1.96. The van der Waals surface area contributed by atoms with E-state index in [1.807, 2.05) is 19.9 Å². The number of rotatable bonds is 2. The van der Waals surface area contributed by atoms with Crippen LogP contribution in [0.5, 0.6) is 0 Å². The predicted octanol–water partition coefficient (Wildman–Crippen LogP) is 2.62. The third-order valence-corrected chi connectivity index (χ3v) is 2.34. The second-order valence-corrected chi connectivity index (χ2v) is 4.35. The molecule has 0 saturated carbocycles. The summed E-state index contributed by atoms with van der Waals surface area (Å²) in [4.78, 5) is 0. The minimum absolute atomic E-state index is 0.613. The Balaban J connectivity index is 2.96. The lowest BCUT2D eigenvalue weighted by molar-refractivity contribution is 0.0808. The normalized spacial score (nSPS) is 11.8. The molecule has 0 unspecified atom stereocenters. The fourth-order valence-electron chi connectivity index (χ4n) is 1.47. The Morgan fingerprint density at radius 1 is 1.23 bits per heavy atom. The Morgan fingerprint density at radius 2 is 1.85 bits per heavy atom. The standard InChI is InChI=1S/C12H18O/c1-9-6-5-7-11(10(9)2)8-12(3,4)13/h5-7,13H,8H2,1-4H3. The van der Waals surface area contributed by atoms with Gasteiger partial charge in [0.05, 0.1) is 5.60 Å². The summed E-state index contributed by atoms with van der Waals surface area (Å²) in [6.07, 6.45) is 0.723. The first kappa shape index (κ1) is 10.3. The van der Waals surface area contributed by atoms with E-state index in [0.29, 0.717) is 0 Å². The Kier molecular flexibility index (Phi) is 2.77. The number of benzene rings is 1. The quantitative estimate of drug-likeness (QED) is 0.738. The van der Waals surface area contributed by atoms with Crippen molar-refractivity contribution in [3.8, 4) is 0 Å². The lowest BCUT2D eigenvalue weighted by Crippen LogP contribution is -2.22. The van der Waals surface area contributed by atoms with E-state index in [2.05, 4.69) is 26.0 Å². The summed E-state index contributed by atoms with van der Waals surface area (Å²) < 4.78 is 0. The van der Waals surface area contributed by atoms with Gasteiger partial charge >= 0.3 is 0 Å². The van der Waals surface area contributed by atoms with Gasteiger partial charge in [0, 0.05) is 6.42 Å². The van der Waals surface area contributed by atoms with E-state index < -0.39 is 5.60 Å². The molecule has 0 amide bonds. The van der Waals surface area contributed by atoms with Gasteiger partial charge in [0.25, 0.3) is 0 Å². The highest BCUT2D eigenvalue weighted by Gasteiger charge is 2.14. The first-order valence-corrected chi connectivity index (χ1v) is 4.67. The van der Waals surface area contributed by atoms with Gasteiger partial charge in [-0.05, 0) is 44.4 Å². The van der Waals surface area contributed by atoms with E-state index in [-0.39, 0.29) is 0 Å². The van der Waals surface area contributed by atoms with Gasteiger partial charge in [-0.25, -0.2) is 0 Å². The molecule has 0 aliphatic heterocycles. The Labute approximate surface area is 80.4 Å². The minimum atomic E-state index is -0.613. The van der Waals surface area contributed by atoms with Crippen molar-refractivity contribution >= 4 is 0 Å². The van der Waals surface area contributed by atoms with Gasteiger partial charge in [-0.1, -0.05) is 18.2 Å². The van der Waals surface area contributed by atoms with E-state index in [9.17, 15) is 5.11 Å². The largest absolute Gasteiger partial charge is 0.390 e. The SMILES string of the molecule is Cc1cccc(CC(C)(C)O)c1C. The van der Waals surface area contributed by atoms with E-state index in [1.165, 1.54) is 16.7 Å². The average molecular weight is 178 g/mol.